The number of hydrogen-bond donors (Lipinski definition) is 0. The summed E-state index contributed by atoms with van der Waals surface area (Å²) in [6, 6.07) is 3.72. The summed E-state index contributed by atoms with van der Waals surface area (Å²) in [5, 5.41) is 0. The van der Waals surface area contributed by atoms with Crippen molar-refractivity contribution in [2.45, 2.75) is 38.6 Å². The topological polar surface area (TPSA) is 50.3 Å². The van der Waals surface area contributed by atoms with Gasteiger partial charge in [-0.05, 0) is 24.5 Å². The molecule has 0 unspecified atom stereocenters. The highest BCUT2D eigenvalue weighted by Crippen LogP contribution is 2.47. The Kier molecular flexibility index (Phi) is 2.65. The third-order valence-corrected chi connectivity index (χ3v) is 4.11. The number of aromatic nitrogens is 1. The molecular weight excluding hydrogens is 228 g/mol. The quantitative estimate of drug-likeness (QED) is 0.747. The first kappa shape index (κ1) is 11.4. The van der Waals surface area contributed by atoms with E-state index in [0.717, 1.165) is 31.2 Å². The van der Waals surface area contributed by atoms with Crippen LogP contribution in [0.5, 0.6) is 0 Å². The van der Waals surface area contributed by atoms with Crippen molar-refractivity contribution in [1.29, 1.82) is 0 Å². The second-order valence-corrected chi connectivity index (χ2v) is 5.31. The molecule has 2 aliphatic rings. The normalized spacial score (nSPS) is 22.1. The molecule has 1 aliphatic heterocycles. The van der Waals surface area contributed by atoms with Crippen LogP contribution in [-0.2, 0) is 16.1 Å². The highest BCUT2D eigenvalue weighted by atomic mass is 16.2. The van der Waals surface area contributed by atoms with Gasteiger partial charge in [0, 0.05) is 18.8 Å². The van der Waals surface area contributed by atoms with Crippen LogP contribution in [0.1, 0.15) is 37.7 Å². The minimum absolute atomic E-state index is 0.0225. The van der Waals surface area contributed by atoms with Crippen molar-refractivity contribution in [2.24, 2.45) is 5.41 Å². The Morgan fingerprint density at radius 2 is 2.06 bits per heavy atom. The Labute approximate surface area is 106 Å². The summed E-state index contributed by atoms with van der Waals surface area (Å²) in [5.74, 6) is 0.0135. The van der Waals surface area contributed by atoms with E-state index in [4.69, 9.17) is 0 Å². The van der Waals surface area contributed by atoms with E-state index in [1.165, 1.54) is 4.90 Å². The number of rotatable bonds is 2. The average molecular weight is 244 g/mol. The molecule has 0 atom stereocenters. The standard InChI is InChI=1S/C14H16N2O2/c17-12-8-14(5-1-2-6-14)13(18)16(12)10-11-4-3-7-15-9-11/h3-4,7,9H,1-2,5-6,8,10H2. The molecule has 2 heterocycles. The van der Waals surface area contributed by atoms with E-state index in [-0.39, 0.29) is 17.2 Å². The summed E-state index contributed by atoms with van der Waals surface area (Å²) in [5.41, 5.74) is 0.550. The van der Waals surface area contributed by atoms with E-state index < -0.39 is 0 Å². The smallest absolute Gasteiger partial charge is 0.236 e. The van der Waals surface area contributed by atoms with Crippen LogP contribution < -0.4 is 0 Å². The molecule has 0 N–H and O–H groups in total. The van der Waals surface area contributed by atoms with Crippen molar-refractivity contribution < 1.29 is 9.59 Å². The molecule has 0 aromatic carbocycles. The third kappa shape index (κ3) is 1.72. The number of imide groups is 1. The molecule has 1 saturated heterocycles. The van der Waals surface area contributed by atoms with Crippen LogP contribution >= 0.6 is 0 Å². The first-order chi connectivity index (χ1) is 8.71. The Morgan fingerprint density at radius 3 is 2.72 bits per heavy atom. The van der Waals surface area contributed by atoms with Crippen LogP contribution in [0.15, 0.2) is 24.5 Å². The van der Waals surface area contributed by atoms with Crippen LogP contribution in [0, 0.1) is 5.41 Å². The van der Waals surface area contributed by atoms with Gasteiger partial charge in [-0.2, -0.15) is 0 Å². The molecular formula is C14H16N2O2. The van der Waals surface area contributed by atoms with E-state index in [1.807, 2.05) is 12.1 Å². The Bertz CT molecular complexity index is 478. The summed E-state index contributed by atoms with van der Waals surface area (Å²) >= 11 is 0. The van der Waals surface area contributed by atoms with Gasteiger partial charge >= 0.3 is 0 Å². The lowest BCUT2D eigenvalue weighted by molar-refractivity contribution is -0.142. The predicted octanol–water partition coefficient (Wildman–Crippen LogP) is 1.90. The lowest BCUT2D eigenvalue weighted by Gasteiger charge is -2.20. The Morgan fingerprint density at radius 1 is 1.28 bits per heavy atom. The van der Waals surface area contributed by atoms with Gasteiger partial charge in [0.2, 0.25) is 11.8 Å². The molecule has 94 valence electrons. The molecule has 1 spiro atoms. The van der Waals surface area contributed by atoms with Crippen molar-refractivity contribution in [3.63, 3.8) is 0 Å². The fourth-order valence-corrected chi connectivity index (χ4v) is 3.14. The molecule has 1 aliphatic carbocycles. The molecule has 0 radical (unpaired) electrons. The average Bonchev–Trinajstić information content (AvgIpc) is 2.93. The SMILES string of the molecule is O=C1CC2(CCCC2)C(=O)N1Cc1cccnc1. The molecule has 2 fully saturated rings. The second kappa shape index (κ2) is 4.19. The lowest BCUT2D eigenvalue weighted by atomic mass is 9.84. The van der Waals surface area contributed by atoms with Gasteiger partial charge in [-0.1, -0.05) is 18.9 Å². The van der Waals surface area contributed by atoms with E-state index >= 15 is 0 Å². The minimum atomic E-state index is -0.362. The maximum absolute atomic E-state index is 12.4. The van der Waals surface area contributed by atoms with Crippen molar-refractivity contribution in [3.05, 3.63) is 30.1 Å². The molecule has 2 amide bonds. The zero-order valence-electron chi connectivity index (χ0n) is 10.3. The number of carbonyl (C=O) groups is 2. The van der Waals surface area contributed by atoms with Crippen molar-refractivity contribution in [1.82, 2.24) is 9.88 Å². The molecule has 1 aromatic heterocycles. The highest BCUT2D eigenvalue weighted by Gasteiger charge is 2.52. The number of amides is 2. The van der Waals surface area contributed by atoms with Gasteiger partial charge in [0.25, 0.3) is 0 Å². The fourth-order valence-electron chi connectivity index (χ4n) is 3.14. The van der Waals surface area contributed by atoms with Crippen LogP contribution in [0.25, 0.3) is 0 Å². The zero-order valence-corrected chi connectivity index (χ0v) is 10.3. The van der Waals surface area contributed by atoms with Crippen LogP contribution in [0.3, 0.4) is 0 Å². The maximum atomic E-state index is 12.4. The molecule has 4 nitrogen and oxygen atoms in total. The summed E-state index contributed by atoms with van der Waals surface area (Å²) in [7, 11) is 0. The molecule has 3 rings (SSSR count). The van der Waals surface area contributed by atoms with Gasteiger partial charge in [-0.15, -0.1) is 0 Å². The molecule has 4 heteroatoms. The number of nitrogens with zero attached hydrogens (tertiary/aromatic N) is 2. The third-order valence-electron chi connectivity index (χ3n) is 4.11. The summed E-state index contributed by atoms with van der Waals surface area (Å²) in [4.78, 5) is 29.9. The lowest BCUT2D eigenvalue weighted by Crippen LogP contribution is -2.33. The van der Waals surface area contributed by atoms with Gasteiger partial charge in [-0.3, -0.25) is 19.5 Å². The molecule has 1 aromatic rings. The summed E-state index contributed by atoms with van der Waals surface area (Å²) in [6.07, 6.45) is 7.70. The van der Waals surface area contributed by atoms with E-state index in [1.54, 1.807) is 12.4 Å². The summed E-state index contributed by atoms with van der Waals surface area (Å²) < 4.78 is 0. The van der Waals surface area contributed by atoms with Gasteiger partial charge in [0.05, 0.1) is 12.0 Å². The number of likely N-dealkylation sites (tertiary alicyclic amines) is 1. The highest BCUT2D eigenvalue weighted by molar-refractivity contribution is 6.05. The van der Waals surface area contributed by atoms with E-state index in [0.29, 0.717) is 13.0 Å². The van der Waals surface area contributed by atoms with E-state index in [2.05, 4.69) is 4.98 Å². The Balaban J connectivity index is 1.81. The number of carbonyl (C=O) groups excluding carboxylic acids is 2. The van der Waals surface area contributed by atoms with E-state index in [9.17, 15) is 9.59 Å². The monoisotopic (exact) mass is 244 g/mol. The molecule has 18 heavy (non-hydrogen) atoms. The van der Waals surface area contributed by atoms with Gasteiger partial charge in [0.1, 0.15) is 0 Å². The van der Waals surface area contributed by atoms with Gasteiger partial charge in [0.15, 0.2) is 0 Å². The van der Waals surface area contributed by atoms with Crippen molar-refractivity contribution in [2.75, 3.05) is 0 Å². The first-order valence-corrected chi connectivity index (χ1v) is 6.45. The summed E-state index contributed by atoms with van der Waals surface area (Å²) in [6.45, 7) is 0.368. The fraction of sp³-hybridized carbons (Fsp3) is 0.500. The van der Waals surface area contributed by atoms with Crippen LogP contribution in [-0.4, -0.2) is 21.7 Å². The number of pyridine rings is 1. The van der Waals surface area contributed by atoms with Gasteiger partial charge in [-0.25, -0.2) is 0 Å². The largest absolute Gasteiger partial charge is 0.278 e. The number of hydrogen-bond acceptors (Lipinski definition) is 3. The molecule has 1 saturated carbocycles. The Hall–Kier alpha value is -1.71. The first-order valence-electron chi connectivity index (χ1n) is 6.45. The minimum Gasteiger partial charge on any atom is -0.278 e. The molecule has 0 bridgehead atoms. The maximum Gasteiger partial charge on any atom is 0.236 e. The van der Waals surface area contributed by atoms with Crippen molar-refractivity contribution in [3.8, 4) is 0 Å². The predicted molar refractivity (Wildman–Crippen MR) is 65.3 cm³/mol. The van der Waals surface area contributed by atoms with Crippen molar-refractivity contribution >= 4 is 11.8 Å². The second-order valence-electron chi connectivity index (χ2n) is 5.31. The van der Waals surface area contributed by atoms with Gasteiger partial charge < -0.3 is 0 Å². The zero-order chi connectivity index (χ0) is 12.6. The van der Waals surface area contributed by atoms with Crippen LogP contribution in [0.2, 0.25) is 0 Å². The van der Waals surface area contributed by atoms with Crippen LogP contribution in [0.4, 0.5) is 0 Å².